The molecule has 1 aromatic heterocycles. The van der Waals surface area contributed by atoms with Gasteiger partial charge in [0, 0.05) is 13.0 Å². The largest absolute Gasteiger partial charge is 0.388 e. The number of nitrogens with one attached hydrogen (secondary N) is 2. The third-order valence-electron chi connectivity index (χ3n) is 1.54. The summed E-state index contributed by atoms with van der Waals surface area (Å²) in [6.07, 6.45) is 0.238. The highest BCUT2D eigenvalue weighted by molar-refractivity contribution is 4.90. The molecule has 0 aliphatic carbocycles. The molecule has 5 N–H and O–H groups in total. The van der Waals surface area contributed by atoms with Gasteiger partial charge in [0.25, 0.3) is 0 Å². The minimum Gasteiger partial charge on any atom is -0.388 e. The standard InChI is InChI=1S/C6H12N4O2/c1-6(12,3-7)2-4-8-5(11)10-9-4/h12H,2-3,7H2,1H3,(H2,8,9,10,11). The lowest BCUT2D eigenvalue weighted by Gasteiger charge is -2.18. The van der Waals surface area contributed by atoms with Crippen LogP contribution in [0.15, 0.2) is 4.79 Å². The predicted molar refractivity (Wildman–Crippen MR) is 42.6 cm³/mol. The van der Waals surface area contributed by atoms with Gasteiger partial charge in [-0.2, -0.15) is 5.10 Å². The highest BCUT2D eigenvalue weighted by Crippen LogP contribution is 2.05. The molecular formula is C6H12N4O2. The van der Waals surface area contributed by atoms with E-state index in [0.29, 0.717) is 5.82 Å². The second-order valence-electron chi connectivity index (χ2n) is 3.00. The molecule has 1 unspecified atom stereocenters. The van der Waals surface area contributed by atoms with E-state index in [2.05, 4.69) is 15.2 Å². The third kappa shape index (κ3) is 2.18. The molecule has 0 spiro atoms. The molecule has 0 aromatic carbocycles. The van der Waals surface area contributed by atoms with Crippen LogP contribution in [0.5, 0.6) is 0 Å². The molecule has 1 atom stereocenters. The summed E-state index contributed by atoms with van der Waals surface area (Å²) in [6.45, 7) is 1.71. The highest BCUT2D eigenvalue weighted by Gasteiger charge is 2.20. The number of nitrogens with two attached hydrogens (primary N) is 1. The van der Waals surface area contributed by atoms with Crippen molar-refractivity contribution in [2.24, 2.45) is 5.73 Å². The molecule has 1 aromatic rings. The fourth-order valence-corrected chi connectivity index (χ4v) is 0.822. The molecule has 68 valence electrons. The average Bonchev–Trinajstić information content (AvgIpc) is 2.35. The normalized spacial score (nSPS) is 15.9. The Morgan fingerprint density at radius 1 is 1.75 bits per heavy atom. The van der Waals surface area contributed by atoms with Crippen LogP contribution in [0.3, 0.4) is 0 Å². The lowest BCUT2D eigenvalue weighted by atomic mass is 10.0. The molecule has 0 amide bonds. The summed E-state index contributed by atoms with van der Waals surface area (Å²) < 4.78 is 0. The molecule has 1 heterocycles. The first-order chi connectivity index (χ1) is 5.53. The quantitative estimate of drug-likeness (QED) is 0.438. The first-order valence-electron chi connectivity index (χ1n) is 3.59. The number of aliphatic hydroxyl groups is 1. The zero-order chi connectivity index (χ0) is 9.19. The van der Waals surface area contributed by atoms with Crippen molar-refractivity contribution >= 4 is 0 Å². The molecule has 6 heteroatoms. The maximum Gasteiger partial charge on any atom is 0.340 e. The first-order valence-corrected chi connectivity index (χ1v) is 3.59. The molecule has 0 aliphatic rings. The summed E-state index contributed by atoms with van der Waals surface area (Å²) in [4.78, 5) is 13.0. The van der Waals surface area contributed by atoms with E-state index < -0.39 is 5.60 Å². The highest BCUT2D eigenvalue weighted by atomic mass is 16.3. The van der Waals surface area contributed by atoms with Gasteiger partial charge in [0.1, 0.15) is 5.82 Å². The van der Waals surface area contributed by atoms with Crippen molar-refractivity contribution in [1.82, 2.24) is 15.2 Å². The average molecular weight is 172 g/mol. The summed E-state index contributed by atoms with van der Waals surface area (Å²) in [5.41, 5.74) is 3.89. The molecule has 0 aliphatic heterocycles. The Balaban J connectivity index is 2.70. The van der Waals surface area contributed by atoms with Gasteiger partial charge in [-0.05, 0) is 6.92 Å². The first kappa shape index (κ1) is 8.95. The molecule has 0 radical (unpaired) electrons. The number of rotatable bonds is 3. The van der Waals surface area contributed by atoms with Crippen LogP contribution in [0.25, 0.3) is 0 Å². The van der Waals surface area contributed by atoms with Gasteiger partial charge in [0.15, 0.2) is 0 Å². The fraction of sp³-hybridized carbons (Fsp3) is 0.667. The molecule has 0 saturated heterocycles. The van der Waals surface area contributed by atoms with Crippen LogP contribution in [0.4, 0.5) is 0 Å². The summed E-state index contributed by atoms with van der Waals surface area (Å²) >= 11 is 0. The van der Waals surface area contributed by atoms with Crippen molar-refractivity contribution in [1.29, 1.82) is 0 Å². The Bertz CT molecular complexity index is 300. The van der Waals surface area contributed by atoms with Gasteiger partial charge in [-0.15, -0.1) is 0 Å². The van der Waals surface area contributed by atoms with Crippen LogP contribution < -0.4 is 11.4 Å². The van der Waals surface area contributed by atoms with Crippen LogP contribution >= 0.6 is 0 Å². The maximum atomic E-state index is 10.6. The van der Waals surface area contributed by atoms with Crippen LogP contribution in [0.2, 0.25) is 0 Å². The Morgan fingerprint density at radius 2 is 2.42 bits per heavy atom. The van der Waals surface area contributed by atoms with Gasteiger partial charge in [0.2, 0.25) is 0 Å². The van der Waals surface area contributed by atoms with Crippen molar-refractivity contribution in [3.05, 3.63) is 16.3 Å². The van der Waals surface area contributed by atoms with Gasteiger partial charge < -0.3 is 10.8 Å². The van der Waals surface area contributed by atoms with Gasteiger partial charge in [-0.3, -0.25) is 4.98 Å². The van der Waals surface area contributed by atoms with E-state index in [9.17, 15) is 9.90 Å². The van der Waals surface area contributed by atoms with Crippen molar-refractivity contribution in [2.45, 2.75) is 18.9 Å². The maximum absolute atomic E-state index is 10.6. The second kappa shape index (κ2) is 3.08. The molecule has 1 rings (SSSR count). The zero-order valence-electron chi connectivity index (χ0n) is 6.79. The van der Waals surface area contributed by atoms with Crippen LogP contribution in [0.1, 0.15) is 12.7 Å². The Morgan fingerprint density at radius 3 is 2.83 bits per heavy atom. The topological polar surface area (TPSA) is 108 Å². The number of hydrogen-bond donors (Lipinski definition) is 4. The smallest absolute Gasteiger partial charge is 0.340 e. The van der Waals surface area contributed by atoms with Crippen LogP contribution in [-0.2, 0) is 6.42 Å². The van der Waals surface area contributed by atoms with E-state index in [4.69, 9.17) is 5.73 Å². The third-order valence-corrected chi connectivity index (χ3v) is 1.54. The minimum absolute atomic E-state index is 0.127. The Hall–Kier alpha value is -1.14. The molecule has 6 nitrogen and oxygen atoms in total. The number of H-pyrrole nitrogens is 2. The molecule has 0 fully saturated rings. The van der Waals surface area contributed by atoms with Crippen molar-refractivity contribution in [3.63, 3.8) is 0 Å². The molecule has 12 heavy (non-hydrogen) atoms. The van der Waals surface area contributed by atoms with Crippen molar-refractivity contribution in [2.75, 3.05) is 6.54 Å². The number of hydrogen-bond acceptors (Lipinski definition) is 4. The van der Waals surface area contributed by atoms with E-state index >= 15 is 0 Å². The van der Waals surface area contributed by atoms with Gasteiger partial charge >= 0.3 is 5.69 Å². The summed E-state index contributed by atoms with van der Waals surface area (Å²) in [5, 5.41) is 15.3. The monoisotopic (exact) mass is 172 g/mol. The molecule has 0 bridgehead atoms. The second-order valence-corrected chi connectivity index (χ2v) is 3.00. The zero-order valence-corrected chi connectivity index (χ0v) is 6.79. The van der Waals surface area contributed by atoms with Gasteiger partial charge in [-0.1, -0.05) is 0 Å². The minimum atomic E-state index is -1.02. The summed E-state index contributed by atoms with van der Waals surface area (Å²) in [6, 6.07) is 0. The van der Waals surface area contributed by atoms with E-state index in [1.54, 1.807) is 6.92 Å². The summed E-state index contributed by atoms with van der Waals surface area (Å²) in [7, 11) is 0. The van der Waals surface area contributed by atoms with Crippen molar-refractivity contribution < 1.29 is 5.11 Å². The van der Waals surface area contributed by atoms with E-state index in [0.717, 1.165) is 0 Å². The Kier molecular flexibility index (Phi) is 2.30. The summed E-state index contributed by atoms with van der Waals surface area (Å²) in [5.74, 6) is 0.412. The van der Waals surface area contributed by atoms with E-state index in [-0.39, 0.29) is 18.7 Å². The van der Waals surface area contributed by atoms with Crippen LogP contribution in [-0.4, -0.2) is 32.4 Å². The molecular weight excluding hydrogens is 160 g/mol. The van der Waals surface area contributed by atoms with E-state index in [1.807, 2.05) is 0 Å². The predicted octanol–water partition coefficient (Wildman–Crippen LogP) is -1.65. The molecule has 0 saturated carbocycles. The SMILES string of the molecule is CC(O)(CN)Cc1n[nH]c(=O)[nH]1. The van der Waals surface area contributed by atoms with Gasteiger partial charge in [-0.25, -0.2) is 9.89 Å². The number of aromatic nitrogens is 3. The fourth-order valence-electron chi connectivity index (χ4n) is 0.822. The lowest BCUT2D eigenvalue weighted by Crippen LogP contribution is -2.36. The number of aromatic amines is 2. The number of nitrogens with zero attached hydrogens (tertiary/aromatic N) is 1. The van der Waals surface area contributed by atoms with Gasteiger partial charge in [0.05, 0.1) is 5.60 Å². The van der Waals surface area contributed by atoms with E-state index in [1.165, 1.54) is 0 Å². The van der Waals surface area contributed by atoms with Crippen molar-refractivity contribution in [3.8, 4) is 0 Å². The van der Waals surface area contributed by atoms with Crippen LogP contribution in [0, 0.1) is 0 Å². The Labute approximate surface area is 68.8 Å². The lowest BCUT2D eigenvalue weighted by molar-refractivity contribution is 0.0676.